The van der Waals surface area contributed by atoms with Crippen molar-refractivity contribution in [3.05, 3.63) is 42.7 Å². The Hall–Kier alpha value is -2.28. The third-order valence-electron chi connectivity index (χ3n) is 4.01. The summed E-state index contributed by atoms with van der Waals surface area (Å²) < 4.78 is 1.77. The number of rotatable bonds is 5. The van der Waals surface area contributed by atoms with Crippen molar-refractivity contribution in [1.29, 1.82) is 0 Å². The molecule has 1 N–H and O–H groups in total. The van der Waals surface area contributed by atoms with Crippen molar-refractivity contribution < 1.29 is 9.90 Å². The van der Waals surface area contributed by atoms with Crippen molar-refractivity contribution in [2.24, 2.45) is 5.92 Å². The van der Waals surface area contributed by atoms with Gasteiger partial charge in [0.15, 0.2) is 0 Å². The maximum atomic E-state index is 12.2. The van der Waals surface area contributed by atoms with Gasteiger partial charge in [0.05, 0.1) is 6.10 Å². The Balaban J connectivity index is 1.52. The van der Waals surface area contributed by atoms with Crippen LogP contribution in [0, 0.1) is 5.92 Å². The van der Waals surface area contributed by atoms with E-state index < -0.39 is 6.10 Å². The number of aliphatic hydroxyl groups is 1. The molecule has 22 heavy (non-hydrogen) atoms. The van der Waals surface area contributed by atoms with E-state index in [4.69, 9.17) is 0 Å². The van der Waals surface area contributed by atoms with Crippen molar-refractivity contribution in [2.75, 3.05) is 13.1 Å². The van der Waals surface area contributed by atoms with Crippen LogP contribution in [0.25, 0.3) is 0 Å². The van der Waals surface area contributed by atoms with Gasteiger partial charge in [-0.2, -0.15) is 0 Å². The van der Waals surface area contributed by atoms with E-state index in [2.05, 4.69) is 15.2 Å². The maximum Gasteiger partial charge on any atom is 0.224 e. The van der Waals surface area contributed by atoms with Crippen LogP contribution >= 0.6 is 0 Å². The van der Waals surface area contributed by atoms with Crippen LogP contribution in [0.3, 0.4) is 0 Å². The Morgan fingerprint density at radius 3 is 2.82 bits per heavy atom. The van der Waals surface area contributed by atoms with Gasteiger partial charge in [-0.15, -0.1) is 10.2 Å². The number of hydrogen-bond donors (Lipinski definition) is 1. The highest BCUT2D eigenvalue weighted by atomic mass is 16.3. The molecule has 0 spiro atoms. The molecule has 1 saturated heterocycles. The van der Waals surface area contributed by atoms with E-state index >= 15 is 0 Å². The summed E-state index contributed by atoms with van der Waals surface area (Å²) in [5.74, 6) is 0.102. The van der Waals surface area contributed by atoms with E-state index in [1.807, 2.05) is 18.2 Å². The quantitative estimate of drug-likeness (QED) is 0.848. The first-order chi connectivity index (χ1) is 10.7. The SMILES string of the molecule is O=C(CCn1cnnc1)N1C[C@@H](Cc2ccccn2)[C@H](O)C1. The van der Waals surface area contributed by atoms with Crippen LogP contribution in [0.4, 0.5) is 0 Å². The van der Waals surface area contributed by atoms with Crippen LogP contribution in [0.1, 0.15) is 12.1 Å². The van der Waals surface area contributed by atoms with Crippen LogP contribution < -0.4 is 0 Å². The molecule has 0 radical (unpaired) electrons. The van der Waals surface area contributed by atoms with E-state index in [9.17, 15) is 9.90 Å². The number of pyridine rings is 1. The van der Waals surface area contributed by atoms with Crippen molar-refractivity contribution in [3.63, 3.8) is 0 Å². The highest BCUT2D eigenvalue weighted by Gasteiger charge is 2.33. The Bertz CT molecular complexity index is 602. The number of β-amino-alcohol motifs (C(OH)–C–C–N with tert-alkyl or cyclic N) is 1. The van der Waals surface area contributed by atoms with Crippen LogP contribution in [-0.4, -0.2) is 54.9 Å². The summed E-state index contributed by atoms with van der Waals surface area (Å²) in [5.41, 5.74) is 0.949. The number of aliphatic hydroxyl groups excluding tert-OH is 1. The smallest absolute Gasteiger partial charge is 0.224 e. The van der Waals surface area contributed by atoms with E-state index in [0.29, 0.717) is 32.5 Å². The summed E-state index contributed by atoms with van der Waals surface area (Å²) >= 11 is 0. The average Bonchev–Trinajstić information content (AvgIpc) is 3.16. The fraction of sp³-hybridized carbons (Fsp3) is 0.467. The lowest BCUT2D eigenvalue weighted by molar-refractivity contribution is -0.130. The molecule has 2 aromatic rings. The summed E-state index contributed by atoms with van der Waals surface area (Å²) in [6.07, 6.45) is 5.53. The van der Waals surface area contributed by atoms with Gasteiger partial charge in [-0.3, -0.25) is 9.78 Å². The van der Waals surface area contributed by atoms with Crippen LogP contribution in [-0.2, 0) is 17.8 Å². The van der Waals surface area contributed by atoms with Crippen LogP contribution in [0.15, 0.2) is 37.1 Å². The molecule has 1 amide bonds. The predicted molar refractivity (Wildman–Crippen MR) is 78.7 cm³/mol. The molecule has 7 nitrogen and oxygen atoms in total. The molecule has 116 valence electrons. The number of aryl methyl sites for hydroxylation is 1. The van der Waals surface area contributed by atoms with Gasteiger partial charge in [-0.1, -0.05) is 6.07 Å². The summed E-state index contributed by atoms with van der Waals surface area (Å²) in [6.45, 7) is 1.54. The molecule has 1 aliphatic heterocycles. The van der Waals surface area contributed by atoms with Crippen LogP contribution in [0.5, 0.6) is 0 Å². The Kier molecular flexibility index (Phi) is 4.43. The fourth-order valence-electron chi connectivity index (χ4n) is 2.77. The maximum absolute atomic E-state index is 12.2. The third kappa shape index (κ3) is 3.48. The molecule has 2 aromatic heterocycles. The van der Waals surface area contributed by atoms with Crippen molar-refractivity contribution in [3.8, 4) is 0 Å². The molecule has 0 aliphatic carbocycles. The second-order valence-corrected chi connectivity index (χ2v) is 5.60. The number of likely N-dealkylation sites (tertiary alicyclic amines) is 1. The Morgan fingerprint density at radius 1 is 1.27 bits per heavy atom. The van der Waals surface area contributed by atoms with Gasteiger partial charge in [-0.25, -0.2) is 0 Å². The molecular formula is C15H19N5O2. The summed E-state index contributed by atoms with van der Waals surface area (Å²) in [6, 6.07) is 5.75. The Morgan fingerprint density at radius 2 is 2.09 bits per heavy atom. The van der Waals surface area contributed by atoms with E-state index in [-0.39, 0.29) is 11.8 Å². The molecule has 0 bridgehead atoms. The molecule has 0 saturated carbocycles. The molecule has 0 unspecified atom stereocenters. The standard InChI is InChI=1S/C15H19N5O2/c21-14-9-20(15(22)4-6-19-10-17-18-11-19)8-12(14)7-13-3-1-2-5-16-13/h1-3,5,10-12,14,21H,4,6-9H2/t12-,14-/m1/s1. The van der Waals surface area contributed by atoms with Gasteiger partial charge in [0.25, 0.3) is 0 Å². The first-order valence-corrected chi connectivity index (χ1v) is 7.40. The predicted octanol–water partition coefficient (Wildman–Crippen LogP) is 0.125. The zero-order valence-corrected chi connectivity index (χ0v) is 12.2. The molecule has 3 heterocycles. The minimum absolute atomic E-state index is 0.0498. The van der Waals surface area contributed by atoms with E-state index in [1.54, 1.807) is 28.3 Å². The summed E-state index contributed by atoms with van der Waals surface area (Å²) in [7, 11) is 0. The number of aromatic nitrogens is 4. The first kappa shape index (κ1) is 14.6. The zero-order chi connectivity index (χ0) is 15.4. The van der Waals surface area contributed by atoms with E-state index in [1.165, 1.54) is 0 Å². The lowest BCUT2D eigenvalue weighted by atomic mass is 10.00. The lowest BCUT2D eigenvalue weighted by Gasteiger charge is -2.16. The largest absolute Gasteiger partial charge is 0.391 e. The van der Waals surface area contributed by atoms with Gasteiger partial charge in [0.2, 0.25) is 5.91 Å². The molecule has 0 aromatic carbocycles. The van der Waals surface area contributed by atoms with Gasteiger partial charge < -0.3 is 14.6 Å². The molecule has 2 atom stereocenters. The summed E-state index contributed by atoms with van der Waals surface area (Å²) in [5, 5.41) is 17.6. The minimum atomic E-state index is -0.485. The number of amides is 1. The molecule has 1 fully saturated rings. The molecule has 7 heteroatoms. The second-order valence-electron chi connectivity index (χ2n) is 5.60. The minimum Gasteiger partial charge on any atom is -0.391 e. The van der Waals surface area contributed by atoms with Gasteiger partial charge in [0, 0.05) is 43.9 Å². The Labute approximate surface area is 128 Å². The lowest BCUT2D eigenvalue weighted by Crippen LogP contribution is -2.30. The van der Waals surface area contributed by atoms with Gasteiger partial charge in [0.1, 0.15) is 12.7 Å². The average molecular weight is 301 g/mol. The van der Waals surface area contributed by atoms with E-state index in [0.717, 1.165) is 5.69 Å². The van der Waals surface area contributed by atoms with Crippen LogP contribution in [0.2, 0.25) is 0 Å². The van der Waals surface area contributed by atoms with Crippen molar-refractivity contribution in [1.82, 2.24) is 24.6 Å². The second kappa shape index (κ2) is 6.65. The fourth-order valence-corrected chi connectivity index (χ4v) is 2.77. The normalized spacial score (nSPS) is 21.2. The topological polar surface area (TPSA) is 84.1 Å². The summed E-state index contributed by atoms with van der Waals surface area (Å²) in [4.78, 5) is 18.3. The monoisotopic (exact) mass is 301 g/mol. The number of hydrogen-bond acceptors (Lipinski definition) is 5. The van der Waals surface area contributed by atoms with Gasteiger partial charge >= 0.3 is 0 Å². The van der Waals surface area contributed by atoms with Crippen molar-refractivity contribution >= 4 is 5.91 Å². The molecule has 1 aliphatic rings. The first-order valence-electron chi connectivity index (χ1n) is 7.40. The highest BCUT2D eigenvalue weighted by Crippen LogP contribution is 2.21. The number of carbonyl (C=O) groups is 1. The van der Waals surface area contributed by atoms with Gasteiger partial charge in [-0.05, 0) is 18.6 Å². The molecular weight excluding hydrogens is 282 g/mol. The highest BCUT2D eigenvalue weighted by molar-refractivity contribution is 5.76. The third-order valence-corrected chi connectivity index (χ3v) is 4.01. The molecule has 3 rings (SSSR count). The number of carbonyl (C=O) groups excluding carboxylic acids is 1. The number of nitrogens with zero attached hydrogens (tertiary/aromatic N) is 5. The van der Waals surface area contributed by atoms with Crippen molar-refractivity contribution in [2.45, 2.75) is 25.5 Å². The zero-order valence-electron chi connectivity index (χ0n) is 12.2.